The minimum absolute atomic E-state index is 0.190. The molecule has 51 heavy (non-hydrogen) atoms. The van der Waals surface area contributed by atoms with E-state index in [9.17, 15) is 4.79 Å². The predicted octanol–water partition coefficient (Wildman–Crippen LogP) is 2.46. The van der Waals surface area contributed by atoms with Gasteiger partial charge in [-0.1, -0.05) is 13.3 Å². The number of ether oxygens (including phenoxy) is 12. The van der Waals surface area contributed by atoms with Crippen molar-refractivity contribution in [3.05, 3.63) is 29.8 Å². The molecular weight excluding hydrogens is 668 g/mol. The molecule has 1 rings (SSSR count). The number of hydrogen-bond donors (Lipinski definition) is 2. The van der Waals surface area contributed by atoms with Crippen molar-refractivity contribution in [3.8, 4) is 0 Å². The highest BCUT2D eigenvalue weighted by atomic mass is 16.6. The van der Waals surface area contributed by atoms with E-state index >= 15 is 0 Å². The van der Waals surface area contributed by atoms with Crippen LogP contribution in [0, 0.1) is 0 Å². The van der Waals surface area contributed by atoms with Gasteiger partial charge in [-0.3, -0.25) is 0 Å². The van der Waals surface area contributed by atoms with Crippen molar-refractivity contribution >= 4 is 11.7 Å². The lowest BCUT2D eigenvalue weighted by atomic mass is 10.2. The summed E-state index contributed by atoms with van der Waals surface area (Å²) in [7, 11) is 1.89. The summed E-state index contributed by atoms with van der Waals surface area (Å²) in [4.78, 5) is 12.1. The van der Waals surface area contributed by atoms with Gasteiger partial charge in [-0.25, -0.2) is 4.79 Å². The van der Waals surface area contributed by atoms with Crippen LogP contribution in [0.3, 0.4) is 0 Å². The van der Waals surface area contributed by atoms with Crippen molar-refractivity contribution in [1.82, 2.24) is 5.32 Å². The normalized spacial score (nSPS) is 11.3. The minimum Gasteiger partial charge on any atom is -0.460 e. The fourth-order valence-corrected chi connectivity index (χ4v) is 3.89. The summed E-state index contributed by atoms with van der Waals surface area (Å²) in [6.45, 7) is 15.1. The summed E-state index contributed by atoms with van der Waals surface area (Å²) < 4.78 is 65.3. The second kappa shape index (κ2) is 39.2. The second-order valence-corrected chi connectivity index (χ2v) is 10.8. The average molecular weight is 735 g/mol. The minimum atomic E-state index is -0.361. The first kappa shape index (κ1) is 47.0. The molecule has 1 aromatic rings. The Morgan fingerprint density at radius 2 is 0.765 bits per heavy atom. The average Bonchev–Trinajstić information content (AvgIpc) is 3.15. The van der Waals surface area contributed by atoms with Crippen LogP contribution < -0.4 is 10.6 Å². The van der Waals surface area contributed by atoms with Gasteiger partial charge in [0.15, 0.2) is 0 Å². The number of nitrogens with one attached hydrogen (secondary N) is 2. The first-order valence-corrected chi connectivity index (χ1v) is 18.3. The van der Waals surface area contributed by atoms with Crippen LogP contribution in [0.4, 0.5) is 5.69 Å². The Kier molecular flexibility index (Phi) is 36.2. The van der Waals surface area contributed by atoms with Crippen molar-refractivity contribution in [3.63, 3.8) is 0 Å². The molecule has 15 nitrogen and oxygen atoms in total. The molecular formula is C36H66N2O13. The summed E-state index contributed by atoms with van der Waals surface area (Å²) in [5.41, 5.74) is 1.51. The number of likely N-dealkylation sites (N-methyl/N-ethyl adjacent to an activating group) is 1. The second-order valence-electron chi connectivity index (χ2n) is 10.8. The summed E-state index contributed by atoms with van der Waals surface area (Å²) in [6.07, 6.45) is 2.24. The van der Waals surface area contributed by atoms with Gasteiger partial charge in [-0.15, -0.1) is 0 Å². The molecule has 0 radical (unpaired) electrons. The summed E-state index contributed by atoms with van der Waals surface area (Å²) >= 11 is 0. The number of anilines is 1. The van der Waals surface area contributed by atoms with Crippen LogP contribution in [0.5, 0.6) is 0 Å². The number of rotatable bonds is 41. The molecule has 0 amide bonds. The largest absolute Gasteiger partial charge is 0.460 e. The monoisotopic (exact) mass is 734 g/mol. The molecule has 0 atom stereocenters. The fraction of sp³-hybridized carbons (Fsp3) is 0.806. The van der Waals surface area contributed by atoms with Gasteiger partial charge in [-0.2, -0.15) is 0 Å². The third-order valence-electron chi connectivity index (χ3n) is 6.66. The van der Waals surface area contributed by atoms with Gasteiger partial charge in [0.05, 0.1) is 151 Å². The Hall–Kier alpha value is -1.99. The van der Waals surface area contributed by atoms with Crippen LogP contribution >= 0.6 is 0 Å². The number of carbonyl (C=O) groups is 1. The molecule has 0 bridgehead atoms. The van der Waals surface area contributed by atoms with Gasteiger partial charge in [-0.05, 0) is 37.7 Å². The van der Waals surface area contributed by atoms with E-state index in [2.05, 4.69) is 17.6 Å². The molecule has 0 saturated carbocycles. The smallest absolute Gasteiger partial charge is 0.338 e. The highest BCUT2D eigenvalue weighted by molar-refractivity contribution is 5.89. The Morgan fingerprint density at radius 1 is 0.451 bits per heavy atom. The lowest BCUT2D eigenvalue weighted by molar-refractivity contribution is -0.0280. The number of esters is 1. The van der Waals surface area contributed by atoms with Gasteiger partial charge >= 0.3 is 5.97 Å². The van der Waals surface area contributed by atoms with Crippen LogP contribution in [0.15, 0.2) is 24.3 Å². The van der Waals surface area contributed by atoms with Crippen LogP contribution in [0.1, 0.15) is 30.1 Å². The zero-order valence-electron chi connectivity index (χ0n) is 31.2. The SMILES string of the molecule is CCCCNc1ccc(C(=O)OCCOCCOCCOCCOCCOCCOCCOCCOCCOCCOCCOCCNC)cc1. The molecule has 15 heteroatoms. The Bertz CT molecular complexity index is 855. The number of hydrogen-bond acceptors (Lipinski definition) is 15. The third kappa shape index (κ3) is 33.6. The maximum absolute atomic E-state index is 12.1. The molecule has 0 saturated heterocycles. The molecule has 0 fully saturated rings. The Balaban J connectivity index is 1.68. The van der Waals surface area contributed by atoms with Crippen molar-refractivity contribution < 1.29 is 61.6 Å². The van der Waals surface area contributed by atoms with E-state index in [0.717, 1.165) is 31.6 Å². The lowest BCUT2D eigenvalue weighted by Crippen LogP contribution is -2.17. The highest BCUT2D eigenvalue weighted by Crippen LogP contribution is 2.11. The first-order valence-electron chi connectivity index (χ1n) is 18.3. The predicted molar refractivity (Wildman–Crippen MR) is 193 cm³/mol. The standard InChI is InChI=1S/C36H66N2O13/c1-3-4-9-38-35-7-5-34(6-8-35)36(39)51-33-32-50-31-30-49-29-28-48-27-26-47-25-24-46-23-22-45-21-20-44-19-18-43-17-16-42-15-14-41-13-12-40-11-10-37-2/h5-8,37-38H,3-4,9-33H2,1-2H3. The topological polar surface area (TPSA) is 152 Å². The van der Waals surface area contributed by atoms with E-state index in [1.807, 2.05) is 19.2 Å². The maximum atomic E-state index is 12.1. The fourth-order valence-electron chi connectivity index (χ4n) is 3.89. The van der Waals surface area contributed by atoms with E-state index in [-0.39, 0.29) is 12.6 Å². The lowest BCUT2D eigenvalue weighted by Gasteiger charge is -2.09. The van der Waals surface area contributed by atoms with Gasteiger partial charge in [0, 0.05) is 18.8 Å². The molecule has 0 aliphatic carbocycles. The number of carbonyl (C=O) groups excluding carboxylic acids is 1. The third-order valence-corrected chi connectivity index (χ3v) is 6.66. The molecule has 0 spiro atoms. The Morgan fingerprint density at radius 3 is 1.08 bits per heavy atom. The van der Waals surface area contributed by atoms with Crippen LogP contribution in [-0.4, -0.2) is 178 Å². The molecule has 2 N–H and O–H groups in total. The highest BCUT2D eigenvalue weighted by Gasteiger charge is 2.07. The van der Waals surface area contributed by atoms with Gasteiger partial charge in [0.25, 0.3) is 0 Å². The van der Waals surface area contributed by atoms with Gasteiger partial charge < -0.3 is 67.5 Å². The van der Waals surface area contributed by atoms with E-state index in [4.69, 9.17) is 56.8 Å². The van der Waals surface area contributed by atoms with Crippen molar-refractivity contribution in [2.24, 2.45) is 0 Å². The van der Waals surface area contributed by atoms with Gasteiger partial charge in [0.1, 0.15) is 6.61 Å². The zero-order chi connectivity index (χ0) is 36.6. The molecule has 0 aliphatic rings. The first-order chi connectivity index (χ1) is 25.3. The molecule has 0 aromatic heterocycles. The molecule has 0 unspecified atom stereocenters. The summed E-state index contributed by atoms with van der Waals surface area (Å²) in [5, 5.41) is 6.34. The quantitative estimate of drug-likeness (QED) is 0.0748. The maximum Gasteiger partial charge on any atom is 0.338 e. The van der Waals surface area contributed by atoms with Crippen LogP contribution in [-0.2, 0) is 56.8 Å². The van der Waals surface area contributed by atoms with Crippen molar-refractivity contribution in [2.45, 2.75) is 19.8 Å². The number of unbranched alkanes of at least 4 members (excludes halogenated alkanes) is 1. The van der Waals surface area contributed by atoms with Crippen LogP contribution in [0.2, 0.25) is 0 Å². The van der Waals surface area contributed by atoms with E-state index in [0.29, 0.717) is 151 Å². The van der Waals surface area contributed by atoms with E-state index < -0.39 is 0 Å². The number of benzene rings is 1. The molecule has 0 heterocycles. The van der Waals surface area contributed by atoms with E-state index in [1.54, 1.807) is 12.1 Å². The summed E-state index contributed by atoms with van der Waals surface area (Å²) in [6, 6.07) is 7.29. The van der Waals surface area contributed by atoms with E-state index in [1.165, 1.54) is 0 Å². The Labute approximate surface area is 305 Å². The molecule has 1 aromatic carbocycles. The van der Waals surface area contributed by atoms with Crippen molar-refractivity contribution in [2.75, 3.05) is 177 Å². The van der Waals surface area contributed by atoms with Crippen LogP contribution in [0.25, 0.3) is 0 Å². The van der Waals surface area contributed by atoms with Gasteiger partial charge in [0.2, 0.25) is 0 Å². The van der Waals surface area contributed by atoms with Crippen molar-refractivity contribution in [1.29, 1.82) is 0 Å². The zero-order valence-corrected chi connectivity index (χ0v) is 31.2. The molecule has 298 valence electrons. The summed E-state index contributed by atoms with van der Waals surface area (Å²) in [5.74, 6) is -0.361. The molecule has 0 aliphatic heterocycles.